The number of carbonyl (C=O) groups is 2. The third-order valence-electron chi connectivity index (χ3n) is 4.71. The second-order valence-corrected chi connectivity index (χ2v) is 8.01. The van der Waals surface area contributed by atoms with Gasteiger partial charge in [-0.15, -0.1) is 0 Å². The summed E-state index contributed by atoms with van der Waals surface area (Å²) in [5.41, 5.74) is -0.457. The van der Waals surface area contributed by atoms with E-state index in [4.69, 9.17) is 9.47 Å². The molecule has 28 heavy (non-hydrogen) atoms. The Labute approximate surface area is 169 Å². The Hall–Kier alpha value is -2.08. The molecule has 1 unspecified atom stereocenters. The van der Waals surface area contributed by atoms with E-state index >= 15 is 0 Å². The molecule has 1 atom stereocenters. The summed E-state index contributed by atoms with van der Waals surface area (Å²) in [7, 11) is 1.37. The third kappa shape index (κ3) is 6.82. The summed E-state index contributed by atoms with van der Waals surface area (Å²) in [6.07, 6.45) is 9.95. The second-order valence-electron chi connectivity index (χ2n) is 8.01. The highest BCUT2D eigenvalue weighted by atomic mass is 16.6. The van der Waals surface area contributed by atoms with Gasteiger partial charge in [0.15, 0.2) is 0 Å². The van der Waals surface area contributed by atoms with E-state index in [1.807, 2.05) is 52.0 Å². The van der Waals surface area contributed by atoms with E-state index in [-0.39, 0.29) is 5.97 Å². The van der Waals surface area contributed by atoms with E-state index in [2.05, 4.69) is 11.9 Å². The molecule has 6 nitrogen and oxygen atoms in total. The van der Waals surface area contributed by atoms with Gasteiger partial charge in [0.2, 0.25) is 0 Å². The van der Waals surface area contributed by atoms with Crippen molar-refractivity contribution in [1.29, 1.82) is 0 Å². The lowest BCUT2D eigenvalue weighted by Gasteiger charge is -2.37. The summed E-state index contributed by atoms with van der Waals surface area (Å²) < 4.78 is 10.6. The summed E-state index contributed by atoms with van der Waals surface area (Å²) in [6.45, 7) is 13.2. The molecule has 1 aliphatic heterocycles. The number of likely N-dealkylation sites (tertiary alicyclic amines) is 1. The number of nitrogens with zero attached hydrogens (tertiary/aromatic N) is 1. The van der Waals surface area contributed by atoms with Gasteiger partial charge in [0.25, 0.3) is 0 Å². The van der Waals surface area contributed by atoms with Gasteiger partial charge in [-0.25, -0.2) is 9.59 Å². The predicted octanol–water partition coefficient (Wildman–Crippen LogP) is 3.99. The Morgan fingerprint density at radius 3 is 2.61 bits per heavy atom. The van der Waals surface area contributed by atoms with Gasteiger partial charge in [-0.3, -0.25) is 4.90 Å². The molecule has 1 aliphatic rings. The first-order valence-corrected chi connectivity index (χ1v) is 9.94. The number of carbonyl (C=O) groups excluding carboxylic acids is 2. The Bertz CT molecular complexity index is 604. The maximum absolute atomic E-state index is 12.7. The molecule has 0 bridgehead atoms. The summed E-state index contributed by atoms with van der Waals surface area (Å²) in [5.74, 6) is -0.365. The Kier molecular flexibility index (Phi) is 9.46. The number of ether oxygens (including phenoxy) is 2. The van der Waals surface area contributed by atoms with Crippen molar-refractivity contribution < 1.29 is 19.1 Å². The predicted molar refractivity (Wildman–Crippen MR) is 112 cm³/mol. The number of hydrogen-bond donors (Lipinski definition) is 1. The first kappa shape index (κ1) is 24.0. The molecule has 0 saturated carbocycles. The zero-order chi connectivity index (χ0) is 21.2. The molecule has 1 heterocycles. The quantitative estimate of drug-likeness (QED) is 0.365. The SMILES string of the molecule is C=C/C(=C\C=C/C)CNCCCC1(C(=O)OC)CCCN1C(=O)OC(C)(C)C. The highest BCUT2D eigenvalue weighted by Crippen LogP contribution is 2.36. The fraction of sp³-hybridized carbons (Fsp3) is 0.636. The average molecular weight is 393 g/mol. The second kappa shape index (κ2) is 11.1. The van der Waals surface area contributed by atoms with E-state index in [0.717, 1.165) is 25.0 Å². The summed E-state index contributed by atoms with van der Waals surface area (Å²) in [6, 6.07) is 0. The van der Waals surface area contributed by atoms with E-state index < -0.39 is 17.2 Å². The molecular formula is C22H36N2O4. The van der Waals surface area contributed by atoms with Gasteiger partial charge in [-0.1, -0.05) is 30.9 Å². The number of nitrogens with one attached hydrogen (secondary N) is 1. The monoisotopic (exact) mass is 392 g/mol. The lowest BCUT2D eigenvalue weighted by atomic mass is 9.90. The first-order chi connectivity index (χ1) is 13.2. The molecule has 1 rings (SSSR count). The highest BCUT2D eigenvalue weighted by Gasteiger charge is 2.51. The van der Waals surface area contributed by atoms with Gasteiger partial charge in [-0.05, 0) is 65.5 Å². The molecule has 0 aromatic rings. The van der Waals surface area contributed by atoms with E-state index in [1.54, 1.807) is 4.90 Å². The van der Waals surface area contributed by atoms with Crippen LogP contribution in [0, 0.1) is 0 Å². The standard InChI is InChI=1S/C22H36N2O4/c1-7-9-12-18(8-2)17-23-15-10-13-22(19(25)27-6)14-11-16-24(22)20(26)28-21(3,4)5/h7-9,12,23H,2,10-11,13-17H2,1,3-6H3/b9-7-,18-12+. The van der Waals surface area contributed by atoms with Gasteiger partial charge in [0.1, 0.15) is 11.1 Å². The van der Waals surface area contributed by atoms with Crippen LogP contribution in [0.2, 0.25) is 0 Å². The van der Waals surface area contributed by atoms with Crippen molar-refractivity contribution >= 4 is 12.1 Å². The molecule has 0 aromatic carbocycles. The van der Waals surface area contributed by atoms with Crippen molar-refractivity contribution in [3.05, 3.63) is 36.5 Å². The van der Waals surface area contributed by atoms with Crippen molar-refractivity contribution in [2.45, 2.75) is 64.5 Å². The molecule has 1 fully saturated rings. The largest absolute Gasteiger partial charge is 0.467 e. The fourth-order valence-corrected chi connectivity index (χ4v) is 3.38. The van der Waals surface area contributed by atoms with Crippen LogP contribution in [0.4, 0.5) is 4.79 Å². The third-order valence-corrected chi connectivity index (χ3v) is 4.71. The van der Waals surface area contributed by atoms with Gasteiger partial charge < -0.3 is 14.8 Å². The molecule has 0 aliphatic carbocycles. The molecule has 1 saturated heterocycles. The van der Waals surface area contributed by atoms with Crippen LogP contribution < -0.4 is 5.32 Å². The van der Waals surface area contributed by atoms with Crippen LogP contribution in [0.1, 0.15) is 53.4 Å². The zero-order valence-corrected chi connectivity index (χ0v) is 18.0. The summed E-state index contributed by atoms with van der Waals surface area (Å²) in [5, 5.41) is 3.37. The minimum Gasteiger partial charge on any atom is -0.467 e. The van der Waals surface area contributed by atoms with Crippen molar-refractivity contribution in [3.63, 3.8) is 0 Å². The summed E-state index contributed by atoms with van der Waals surface area (Å²) in [4.78, 5) is 26.9. The van der Waals surface area contributed by atoms with Crippen molar-refractivity contribution in [2.24, 2.45) is 0 Å². The van der Waals surface area contributed by atoms with Crippen LogP contribution in [0.15, 0.2) is 36.5 Å². The minimum atomic E-state index is -0.944. The van der Waals surface area contributed by atoms with Gasteiger partial charge >= 0.3 is 12.1 Å². The smallest absolute Gasteiger partial charge is 0.411 e. The summed E-state index contributed by atoms with van der Waals surface area (Å²) >= 11 is 0. The average Bonchev–Trinajstić information content (AvgIpc) is 3.07. The fourth-order valence-electron chi connectivity index (χ4n) is 3.38. The molecule has 0 aromatic heterocycles. The maximum atomic E-state index is 12.7. The molecule has 158 valence electrons. The molecule has 1 N–H and O–H groups in total. The molecule has 6 heteroatoms. The van der Waals surface area contributed by atoms with Crippen LogP contribution in [0.5, 0.6) is 0 Å². The Morgan fingerprint density at radius 1 is 1.32 bits per heavy atom. The molecular weight excluding hydrogens is 356 g/mol. The molecule has 0 spiro atoms. The topological polar surface area (TPSA) is 67.9 Å². The van der Waals surface area contributed by atoms with Crippen LogP contribution >= 0.6 is 0 Å². The molecule has 1 amide bonds. The Morgan fingerprint density at radius 2 is 2.04 bits per heavy atom. The number of hydrogen-bond acceptors (Lipinski definition) is 5. The normalized spacial score (nSPS) is 20.5. The highest BCUT2D eigenvalue weighted by molar-refractivity contribution is 5.86. The zero-order valence-electron chi connectivity index (χ0n) is 18.0. The van der Waals surface area contributed by atoms with Crippen molar-refractivity contribution in [1.82, 2.24) is 10.2 Å². The van der Waals surface area contributed by atoms with Crippen LogP contribution in [0.25, 0.3) is 0 Å². The first-order valence-electron chi connectivity index (χ1n) is 9.94. The number of rotatable bonds is 9. The van der Waals surface area contributed by atoms with Crippen molar-refractivity contribution in [2.75, 3.05) is 26.7 Å². The number of amides is 1. The van der Waals surface area contributed by atoms with Crippen LogP contribution in [-0.4, -0.2) is 54.8 Å². The van der Waals surface area contributed by atoms with Crippen LogP contribution in [0.3, 0.4) is 0 Å². The molecule has 0 radical (unpaired) electrons. The van der Waals surface area contributed by atoms with E-state index in [0.29, 0.717) is 25.9 Å². The van der Waals surface area contributed by atoms with Gasteiger partial charge in [0.05, 0.1) is 7.11 Å². The number of allylic oxidation sites excluding steroid dienone is 3. The van der Waals surface area contributed by atoms with Gasteiger partial charge in [-0.2, -0.15) is 0 Å². The van der Waals surface area contributed by atoms with E-state index in [1.165, 1.54) is 7.11 Å². The van der Waals surface area contributed by atoms with E-state index in [9.17, 15) is 9.59 Å². The lowest BCUT2D eigenvalue weighted by molar-refractivity contribution is -0.153. The number of methoxy groups -OCH3 is 1. The minimum absolute atomic E-state index is 0.365. The van der Waals surface area contributed by atoms with Crippen molar-refractivity contribution in [3.8, 4) is 0 Å². The Balaban J connectivity index is 2.73. The number of esters is 1. The maximum Gasteiger partial charge on any atom is 0.411 e. The van der Waals surface area contributed by atoms with Gasteiger partial charge in [0, 0.05) is 13.1 Å². The van der Waals surface area contributed by atoms with Crippen LogP contribution in [-0.2, 0) is 14.3 Å². The lowest BCUT2D eigenvalue weighted by Crippen LogP contribution is -2.55.